The molecule has 1 saturated heterocycles. The summed E-state index contributed by atoms with van der Waals surface area (Å²) in [4.78, 5) is 80.7. The number of rotatable bonds is 17. The first-order valence-electron chi connectivity index (χ1n) is 22.0. The van der Waals surface area contributed by atoms with Crippen molar-refractivity contribution in [3.63, 3.8) is 0 Å². The Balaban J connectivity index is 1.34. The number of anilines is 1. The number of methoxy groups -OCH3 is 1. The van der Waals surface area contributed by atoms with Gasteiger partial charge in [-0.3, -0.25) is 14.4 Å². The van der Waals surface area contributed by atoms with Gasteiger partial charge >= 0.3 is 12.0 Å². The van der Waals surface area contributed by atoms with E-state index in [4.69, 9.17) is 19.4 Å². The predicted molar refractivity (Wildman–Crippen MR) is 247 cm³/mol. The number of carbonyl (C=O) groups excluding carboxylic acids is 4. The molecule has 6 rings (SSSR count). The third kappa shape index (κ3) is 10.5. The number of hydrogen-bond acceptors (Lipinski definition) is 13. The summed E-state index contributed by atoms with van der Waals surface area (Å²) in [6.07, 6.45) is 3.53. The lowest BCUT2D eigenvalue weighted by atomic mass is 9.86. The molecule has 6 atom stereocenters. The van der Waals surface area contributed by atoms with E-state index in [9.17, 15) is 32.7 Å². The number of fused-ring (bicyclic) bond motifs is 1. The summed E-state index contributed by atoms with van der Waals surface area (Å²) in [7, 11) is -1.33. The van der Waals surface area contributed by atoms with Crippen molar-refractivity contribution in [2.24, 2.45) is 17.3 Å². The van der Waals surface area contributed by atoms with Crippen molar-refractivity contribution in [2.75, 3.05) is 26.0 Å². The maximum atomic E-state index is 15.1. The number of carbonyl (C=O) groups is 5. The molecule has 1 aromatic carbocycles. The number of pyridine rings is 1. The SMILES string of the molecule is C=CC1C[C@]1(NC(=O)[C@@H]1C[C@@H](Oc2cc(-c3csc(NC(C)C)n3)nc3cc(OC)ccc23)CN1C(=O)[C@@H](NC(=O)NC(C(=O)N(C)S(=O)(=O)C(C)C)C(C)(C)C)C1CCCC1)C(=O)O. The molecule has 2 aliphatic carbocycles. The largest absolute Gasteiger partial charge is 0.497 e. The van der Waals surface area contributed by atoms with E-state index in [0.29, 0.717) is 56.1 Å². The van der Waals surface area contributed by atoms with Crippen LogP contribution in [0.1, 0.15) is 87.0 Å². The lowest BCUT2D eigenvalue weighted by Crippen LogP contribution is -2.61. The Morgan fingerprint density at radius 2 is 1.74 bits per heavy atom. The number of urea groups is 1. The molecule has 65 heavy (non-hydrogen) atoms. The number of amides is 5. The normalized spacial score (nSPS) is 22.0. The van der Waals surface area contributed by atoms with Gasteiger partial charge in [-0.25, -0.2) is 32.3 Å². The van der Waals surface area contributed by atoms with Crippen LogP contribution in [-0.2, 0) is 29.2 Å². The van der Waals surface area contributed by atoms with E-state index in [1.807, 2.05) is 19.2 Å². The first-order valence-corrected chi connectivity index (χ1v) is 24.3. The van der Waals surface area contributed by atoms with E-state index in [-0.39, 0.29) is 31.3 Å². The van der Waals surface area contributed by atoms with Gasteiger partial charge in [0.25, 0.3) is 5.91 Å². The van der Waals surface area contributed by atoms with Crippen molar-refractivity contribution in [1.29, 1.82) is 0 Å². The zero-order valence-corrected chi connectivity index (χ0v) is 40.1. The Hall–Kier alpha value is -5.50. The van der Waals surface area contributed by atoms with E-state index in [0.717, 1.165) is 19.9 Å². The van der Waals surface area contributed by atoms with Gasteiger partial charge in [0, 0.05) is 48.3 Å². The number of carboxylic acids is 1. The van der Waals surface area contributed by atoms with Crippen LogP contribution in [0, 0.1) is 17.3 Å². The Morgan fingerprint density at radius 1 is 1.05 bits per heavy atom. The predicted octanol–water partition coefficient (Wildman–Crippen LogP) is 5.15. The summed E-state index contributed by atoms with van der Waals surface area (Å²) in [5.41, 5.74) is -0.885. The minimum atomic E-state index is -4.03. The van der Waals surface area contributed by atoms with Crippen molar-refractivity contribution in [3.05, 3.63) is 42.3 Å². The molecule has 5 N–H and O–H groups in total. The average molecular weight is 939 g/mol. The van der Waals surface area contributed by atoms with E-state index in [1.165, 1.54) is 36.2 Å². The van der Waals surface area contributed by atoms with Crippen LogP contribution in [0.4, 0.5) is 9.93 Å². The number of likely N-dealkylation sites (tertiary alicyclic amines) is 1. The maximum Gasteiger partial charge on any atom is 0.330 e. The fraction of sp³-hybridized carbons (Fsp3) is 0.578. The topological polar surface area (TPSA) is 239 Å². The Morgan fingerprint density at radius 3 is 2.32 bits per heavy atom. The van der Waals surface area contributed by atoms with Crippen LogP contribution in [0.25, 0.3) is 22.3 Å². The van der Waals surface area contributed by atoms with Crippen LogP contribution < -0.4 is 30.7 Å². The molecule has 3 aliphatic rings. The summed E-state index contributed by atoms with van der Waals surface area (Å²) in [5.74, 6) is -3.26. The molecule has 18 nitrogen and oxygen atoms in total. The van der Waals surface area contributed by atoms with Gasteiger partial charge in [0.1, 0.15) is 47.0 Å². The number of ether oxygens (including phenoxy) is 2. The smallest absolute Gasteiger partial charge is 0.330 e. The van der Waals surface area contributed by atoms with Crippen molar-refractivity contribution < 1.29 is 47.0 Å². The highest BCUT2D eigenvalue weighted by atomic mass is 32.2. The van der Waals surface area contributed by atoms with Gasteiger partial charge in [-0.15, -0.1) is 17.9 Å². The molecule has 0 spiro atoms. The standard InChI is InChI=1S/C45H62N8O10S2/c1-11-27-21-45(27,41(57)58)51-38(54)34-19-29(63-35-20-32(33-23-64-43(48-33)46-24(2)3)47-31-18-28(62-10)16-17-30(31)35)22-53(34)39(55)36(26-14-12-13-15-26)49-42(59)50-37(44(6,7)8)40(56)52(9)65(60,61)25(4)5/h11,16-18,20,23-27,29,34,36-37H,1,12-15,19,21-22H2,2-10H3,(H,46,48)(H,51,54)(H,57,58)(H2,49,50,59)/t27?,29-,34+,36+,37?,45-/m1/s1. The number of aliphatic carboxylic acids is 1. The summed E-state index contributed by atoms with van der Waals surface area (Å²) < 4.78 is 38.9. The number of sulfonamides is 1. The Labute approximate surface area is 384 Å². The van der Waals surface area contributed by atoms with Gasteiger partial charge in [-0.2, -0.15) is 0 Å². The molecule has 1 aliphatic heterocycles. The molecule has 2 unspecified atom stereocenters. The van der Waals surface area contributed by atoms with Crippen molar-refractivity contribution in [3.8, 4) is 22.9 Å². The minimum Gasteiger partial charge on any atom is -0.497 e. The van der Waals surface area contributed by atoms with Crippen molar-refractivity contribution in [2.45, 2.75) is 128 Å². The fourth-order valence-corrected chi connectivity index (χ4v) is 10.4. The summed E-state index contributed by atoms with van der Waals surface area (Å²) in [5, 5.41) is 24.0. The number of benzene rings is 1. The molecule has 3 aromatic rings. The van der Waals surface area contributed by atoms with Crippen LogP contribution >= 0.6 is 11.3 Å². The van der Waals surface area contributed by atoms with Gasteiger partial charge in [-0.05, 0) is 70.4 Å². The monoisotopic (exact) mass is 938 g/mol. The first-order chi connectivity index (χ1) is 30.5. The van der Waals surface area contributed by atoms with Gasteiger partial charge in [0.2, 0.25) is 21.8 Å². The number of carboxylic acid groups (broad SMARTS) is 1. The zero-order chi connectivity index (χ0) is 47.8. The van der Waals surface area contributed by atoms with Crippen LogP contribution in [0.15, 0.2) is 42.3 Å². The van der Waals surface area contributed by atoms with E-state index >= 15 is 4.79 Å². The maximum absolute atomic E-state index is 15.1. The molecule has 2 aromatic heterocycles. The molecular formula is C45H62N8O10S2. The number of nitrogens with zero attached hydrogens (tertiary/aromatic N) is 4. The zero-order valence-electron chi connectivity index (χ0n) is 38.5. The first kappa shape index (κ1) is 48.9. The Kier molecular flexibility index (Phi) is 14.4. The van der Waals surface area contributed by atoms with Crippen LogP contribution in [0.2, 0.25) is 0 Å². The molecule has 3 fully saturated rings. The molecular weight excluding hydrogens is 877 g/mol. The quantitative estimate of drug-likeness (QED) is 0.110. The number of hydrogen-bond donors (Lipinski definition) is 5. The highest BCUT2D eigenvalue weighted by Crippen LogP contribution is 2.45. The van der Waals surface area contributed by atoms with Gasteiger partial charge in [0.15, 0.2) is 5.13 Å². The lowest BCUT2D eigenvalue weighted by molar-refractivity contribution is -0.146. The summed E-state index contributed by atoms with van der Waals surface area (Å²) >= 11 is 1.43. The summed E-state index contributed by atoms with van der Waals surface area (Å²) in [6.45, 7) is 15.6. The van der Waals surface area contributed by atoms with Crippen LogP contribution in [-0.4, -0.2) is 124 Å². The van der Waals surface area contributed by atoms with E-state index in [1.54, 1.807) is 52.1 Å². The highest BCUT2D eigenvalue weighted by molar-refractivity contribution is 7.90. The highest BCUT2D eigenvalue weighted by Gasteiger charge is 2.61. The lowest BCUT2D eigenvalue weighted by Gasteiger charge is -2.35. The van der Waals surface area contributed by atoms with E-state index < -0.39 is 86.1 Å². The number of aromatic nitrogens is 2. The number of nitrogens with one attached hydrogen (secondary N) is 4. The van der Waals surface area contributed by atoms with E-state index in [2.05, 4.69) is 27.8 Å². The third-order valence-corrected chi connectivity index (χ3v) is 15.3. The van der Waals surface area contributed by atoms with Crippen LogP contribution in [0.5, 0.6) is 11.5 Å². The molecule has 0 radical (unpaired) electrons. The fourth-order valence-electron chi connectivity index (χ4n) is 8.55. The molecule has 0 bridgehead atoms. The van der Waals surface area contributed by atoms with Gasteiger partial charge in [-0.1, -0.05) is 39.7 Å². The van der Waals surface area contributed by atoms with Crippen molar-refractivity contribution in [1.82, 2.24) is 35.1 Å². The second kappa shape index (κ2) is 19.1. The average Bonchev–Trinajstić information content (AvgIpc) is 3.68. The van der Waals surface area contributed by atoms with Gasteiger partial charge < -0.3 is 40.7 Å². The molecule has 20 heteroatoms. The van der Waals surface area contributed by atoms with Crippen molar-refractivity contribution >= 4 is 67.1 Å². The van der Waals surface area contributed by atoms with Gasteiger partial charge in [0.05, 0.1) is 30.1 Å². The molecule has 3 heterocycles. The van der Waals surface area contributed by atoms with Crippen LogP contribution in [0.3, 0.4) is 0 Å². The summed E-state index contributed by atoms with van der Waals surface area (Å²) in [6, 6.07) is 2.68. The Bertz CT molecular complexity index is 2430. The number of likely N-dealkylation sites (N-methyl/N-ethyl adjacent to an activating group) is 1. The molecule has 2 saturated carbocycles. The third-order valence-electron chi connectivity index (χ3n) is 12.4. The molecule has 5 amide bonds. The second-order valence-electron chi connectivity index (χ2n) is 18.9. The minimum absolute atomic E-state index is 0.0265. The number of thiazole rings is 1. The second-order valence-corrected chi connectivity index (χ2v) is 22.2. The molecule has 354 valence electrons.